The molecular formula is C13H18N2O3. The Hall–Kier alpha value is -1.75. The first-order chi connectivity index (χ1) is 8.77. The quantitative estimate of drug-likeness (QED) is 0.599. The molecule has 0 aliphatic carbocycles. The number of nitrogens with one attached hydrogen (secondary N) is 1. The Morgan fingerprint density at radius 3 is 3.06 bits per heavy atom. The molecule has 0 aromatic heterocycles. The van der Waals surface area contributed by atoms with Crippen molar-refractivity contribution in [1.82, 2.24) is 5.32 Å². The highest BCUT2D eigenvalue weighted by molar-refractivity contribution is 5.78. The van der Waals surface area contributed by atoms with E-state index in [-0.39, 0.29) is 11.8 Å². The Balaban J connectivity index is 1.67. The molecule has 98 valence electrons. The van der Waals surface area contributed by atoms with Gasteiger partial charge in [0.15, 0.2) is 0 Å². The summed E-state index contributed by atoms with van der Waals surface area (Å²) in [5, 5.41) is 2.83. The summed E-state index contributed by atoms with van der Waals surface area (Å²) in [6.07, 6.45) is 0.804. The summed E-state index contributed by atoms with van der Waals surface area (Å²) < 4.78 is 10.6. The van der Waals surface area contributed by atoms with Crippen molar-refractivity contribution in [2.75, 3.05) is 32.1 Å². The third-order valence-corrected chi connectivity index (χ3v) is 2.88. The minimum Gasteiger partial charge on any atom is -0.490 e. The zero-order valence-electron chi connectivity index (χ0n) is 10.2. The molecule has 0 radical (unpaired) electrons. The summed E-state index contributed by atoms with van der Waals surface area (Å²) >= 11 is 0. The van der Waals surface area contributed by atoms with Gasteiger partial charge in [-0.1, -0.05) is 12.1 Å². The second kappa shape index (κ2) is 6.26. The minimum absolute atomic E-state index is 0.00760. The lowest BCUT2D eigenvalue weighted by molar-refractivity contribution is -0.125. The van der Waals surface area contributed by atoms with Gasteiger partial charge in [0, 0.05) is 6.61 Å². The number of nitrogen functional groups attached to an aromatic ring is 1. The summed E-state index contributed by atoms with van der Waals surface area (Å²) in [7, 11) is 0. The Morgan fingerprint density at radius 2 is 2.33 bits per heavy atom. The molecule has 5 heteroatoms. The number of hydrogen-bond donors (Lipinski definition) is 2. The van der Waals surface area contributed by atoms with Gasteiger partial charge in [-0.05, 0) is 18.6 Å². The molecule has 0 bridgehead atoms. The Bertz CT molecular complexity index is 403. The number of rotatable bonds is 5. The summed E-state index contributed by atoms with van der Waals surface area (Å²) in [5.74, 6) is 0.680. The van der Waals surface area contributed by atoms with E-state index in [1.165, 1.54) is 0 Å². The molecule has 0 spiro atoms. The van der Waals surface area contributed by atoms with Gasteiger partial charge in [0.1, 0.15) is 12.4 Å². The summed E-state index contributed by atoms with van der Waals surface area (Å²) in [5.41, 5.74) is 6.34. The smallest absolute Gasteiger partial charge is 0.225 e. The highest BCUT2D eigenvalue weighted by atomic mass is 16.5. The van der Waals surface area contributed by atoms with Gasteiger partial charge in [0.2, 0.25) is 5.91 Å². The van der Waals surface area contributed by atoms with Crippen LogP contribution < -0.4 is 15.8 Å². The monoisotopic (exact) mass is 250 g/mol. The van der Waals surface area contributed by atoms with Crippen LogP contribution in [0.2, 0.25) is 0 Å². The molecule has 18 heavy (non-hydrogen) atoms. The first-order valence-corrected chi connectivity index (χ1v) is 6.10. The molecule has 1 aromatic rings. The van der Waals surface area contributed by atoms with Crippen molar-refractivity contribution in [2.24, 2.45) is 5.92 Å². The lowest BCUT2D eigenvalue weighted by Gasteiger charge is -2.11. The fraction of sp³-hybridized carbons (Fsp3) is 0.462. The molecule has 1 aliphatic rings. The van der Waals surface area contributed by atoms with Gasteiger partial charge >= 0.3 is 0 Å². The predicted octanol–water partition coefficient (Wildman–Crippen LogP) is 0.800. The molecule has 2 rings (SSSR count). The third kappa shape index (κ3) is 3.37. The molecule has 1 atom stereocenters. The summed E-state index contributed by atoms with van der Waals surface area (Å²) in [4.78, 5) is 11.7. The van der Waals surface area contributed by atoms with Crippen molar-refractivity contribution in [3.8, 4) is 5.75 Å². The van der Waals surface area contributed by atoms with Crippen molar-refractivity contribution in [1.29, 1.82) is 0 Å². The zero-order chi connectivity index (χ0) is 12.8. The fourth-order valence-corrected chi connectivity index (χ4v) is 1.83. The number of hydrogen-bond acceptors (Lipinski definition) is 4. The van der Waals surface area contributed by atoms with Crippen molar-refractivity contribution < 1.29 is 14.3 Å². The Labute approximate surface area is 106 Å². The number of amides is 1. The van der Waals surface area contributed by atoms with Crippen LogP contribution in [0.25, 0.3) is 0 Å². The lowest BCUT2D eigenvalue weighted by atomic mass is 10.1. The van der Waals surface area contributed by atoms with Gasteiger partial charge in [0.05, 0.1) is 24.8 Å². The largest absolute Gasteiger partial charge is 0.490 e. The Morgan fingerprint density at radius 1 is 1.50 bits per heavy atom. The van der Waals surface area contributed by atoms with Crippen LogP contribution in [0.4, 0.5) is 5.69 Å². The van der Waals surface area contributed by atoms with Crippen LogP contribution in [0, 0.1) is 5.92 Å². The molecule has 1 aromatic carbocycles. The standard InChI is InChI=1S/C13H18N2O3/c14-11-3-1-2-4-12(11)18-8-6-15-13(16)10-5-7-17-9-10/h1-4,10H,5-9,14H2,(H,15,16). The highest BCUT2D eigenvalue weighted by Crippen LogP contribution is 2.19. The van der Waals surface area contributed by atoms with Crippen LogP contribution in [0.15, 0.2) is 24.3 Å². The molecule has 5 nitrogen and oxygen atoms in total. The maximum absolute atomic E-state index is 11.7. The molecule has 1 saturated heterocycles. The summed E-state index contributed by atoms with van der Waals surface area (Å²) in [6.45, 7) is 2.09. The number of carbonyl (C=O) groups is 1. The van der Waals surface area contributed by atoms with E-state index in [9.17, 15) is 4.79 Å². The van der Waals surface area contributed by atoms with E-state index in [1.54, 1.807) is 6.07 Å². The second-order valence-electron chi connectivity index (χ2n) is 4.24. The van der Waals surface area contributed by atoms with Gasteiger partial charge in [-0.3, -0.25) is 4.79 Å². The van der Waals surface area contributed by atoms with Gasteiger partial charge in [0.25, 0.3) is 0 Å². The van der Waals surface area contributed by atoms with E-state index in [4.69, 9.17) is 15.2 Å². The van der Waals surface area contributed by atoms with E-state index in [1.807, 2.05) is 18.2 Å². The molecule has 1 unspecified atom stereocenters. The number of benzene rings is 1. The number of para-hydroxylation sites is 2. The van der Waals surface area contributed by atoms with E-state index >= 15 is 0 Å². The highest BCUT2D eigenvalue weighted by Gasteiger charge is 2.22. The van der Waals surface area contributed by atoms with Gasteiger partial charge in [-0.25, -0.2) is 0 Å². The SMILES string of the molecule is Nc1ccccc1OCCNC(=O)C1CCOC1. The first kappa shape index (κ1) is 12.7. The van der Waals surface area contributed by atoms with Crippen molar-refractivity contribution in [2.45, 2.75) is 6.42 Å². The van der Waals surface area contributed by atoms with Crippen LogP contribution in [0.1, 0.15) is 6.42 Å². The first-order valence-electron chi connectivity index (χ1n) is 6.10. The molecule has 1 amide bonds. The molecule has 0 saturated carbocycles. The van der Waals surface area contributed by atoms with Crippen LogP contribution in [0.3, 0.4) is 0 Å². The van der Waals surface area contributed by atoms with E-state index in [2.05, 4.69) is 5.32 Å². The fourth-order valence-electron chi connectivity index (χ4n) is 1.83. The normalized spacial score (nSPS) is 18.6. The van der Waals surface area contributed by atoms with Crippen molar-refractivity contribution in [3.63, 3.8) is 0 Å². The number of anilines is 1. The lowest BCUT2D eigenvalue weighted by Crippen LogP contribution is -2.33. The number of carbonyl (C=O) groups excluding carboxylic acids is 1. The van der Waals surface area contributed by atoms with Crippen LogP contribution in [-0.4, -0.2) is 32.3 Å². The molecule has 3 N–H and O–H groups in total. The van der Waals surface area contributed by atoms with Gasteiger partial charge < -0.3 is 20.5 Å². The second-order valence-corrected chi connectivity index (χ2v) is 4.24. The molecule has 1 fully saturated rings. The van der Waals surface area contributed by atoms with E-state index < -0.39 is 0 Å². The van der Waals surface area contributed by atoms with Crippen molar-refractivity contribution in [3.05, 3.63) is 24.3 Å². The maximum Gasteiger partial charge on any atom is 0.225 e. The number of nitrogens with two attached hydrogens (primary N) is 1. The van der Waals surface area contributed by atoms with Gasteiger partial charge in [-0.2, -0.15) is 0 Å². The zero-order valence-corrected chi connectivity index (χ0v) is 10.2. The van der Waals surface area contributed by atoms with Crippen LogP contribution >= 0.6 is 0 Å². The van der Waals surface area contributed by atoms with E-state index in [0.717, 1.165) is 6.42 Å². The molecular weight excluding hydrogens is 232 g/mol. The van der Waals surface area contributed by atoms with Crippen molar-refractivity contribution >= 4 is 11.6 Å². The van der Waals surface area contributed by atoms with E-state index in [0.29, 0.717) is 37.8 Å². The minimum atomic E-state index is -0.00760. The topological polar surface area (TPSA) is 73.6 Å². The van der Waals surface area contributed by atoms with Gasteiger partial charge in [-0.15, -0.1) is 0 Å². The number of ether oxygens (including phenoxy) is 2. The van der Waals surface area contributed by atoms with Crippen LogP contribution in [-0.2, 0) is 9.53 Å². The average molecular weight is 250 g/mol. The van der Waals surface area contributed by atoms with Crippen LogP contribution in [0.5, 0.6) is 5.75 Å². The molecule has 1 aliphatic heterocycles. The third-order valence-electron chi connectivity index (χ3n) is 2.88. The average Bonchev–Trinajstić information content (AvgIpc) is 2.90. The molecule has 1 heterocycles. The Kier molecular flexibility index (Phi) is 4.41. The predicted molar refractivity (Wildman–Crippen MR) is 68.3 cm³/mol. The maximum atomic E-state index is 11.7. The summed E-state index contributed by atoms with van der Waals surface area (Å²) in [6, 6.07) is 7.30.